The maximum atomic E-state index is 8.84. The Hall–Kier alpha value is -1.29. The molecule has 1 N–H and O–H groups in total. The summed E-state index contributed by atoms with van der Waals surface area (Å²) in [5.41, 5.74) is 0.898. The van der Waals surface area contributed by atoms with E-state index in [1.165, 1.54) is 0 Å². The summed E-state index contributed by atoms with van der Waals surface area (Å²) in [7, 11) is 1.94. The van der Waals surface area contributed by atoms with Crippen molar-refractivity contribution in [3.63, 3.8) is 0 Å². The number of furan rings is 1. The number of halogens is 1. The van der Waals surface area contributed by atoms with E-state index in [1.54, 1.807) is 0 Å². The zero-order chi connectivity index (χ0) is 13.0. The summed E-state index contributed by atoms with van der Waals surface area (Å²) in [5.74, 6) is 1.63. The molecule has 2 aromatic rings. The van der Waals surface area contributed by atoms with Crippen molar-refractivity contribution in [3.05, 3.63) is 47.2 Å². The number of hydrogen-bond donors (Lipinski definition) is 1. The fraction of sp³-hybridized carbons (Fsp3) is 0.286. The van der Waals surface area contributed by atoms with Crippen LogP contribution in [0.2, 0.25) is 5.02 Å². The number of hydrogen-bond acceptors (Lipinski definition) is 3. The van der Waals surface area contributed by atoms with Crippen LogP contribution >= 0.6 is 11.6 Å². The van der Waals surface area contributed by atoms with Crippen molar-refractivity contribution in [1.82, 2.24) is 4.90 Å². The number of aliphatic hydroxyl groups is 1. The highest BCUT2D eigenvalue weighted by Crippen LogP contribution is 2.29. The van der Waals surface area contributed by atoms with E-state index in [-0.39, 0.29) is 6.61 Å². The van der Waals surface area contributed by atoms with Crippen LogP contribution in [-0.4, -0.2) is 30.2 Å². The zero-order valence-electron chi connectivity index (χ0n) is 10.3. The first-order chi connectivity index (χ1) is 8.70. The van der Waals surface area contributed by atoms with Gasteiger partial charge in [-0.25, -0.2) is 0 Å². The number of likely N-dealkylation sites (N-methyl/N-ethyl adjacent to an activating group) is 1. The lowest BCUT2D eigenvalue weighted by Gasteiger charge is -2.12. The molecule has 0 aliphatic heterocycles. The second kappa shape index (κ2) is 6.05. The van der Waals surface area contributed by atoms with Crippen LogP contribution in [0.15, 0.2) is 40.8 Å². The first kappa shape index (κ1) is 13.1. The molecule has 1 aromatic heterocycles. The molecule has 0 saturated heterocycles. The Balaban J connectivity index is 2.13. The topological polar surface area (TPSA) is 36.6 Å². The van der Waals surface area contributed by atoms with Gasteiger partial charge in [-0.15, -0.1) is 0 Å². The third-order valence-corrected chi connectivity index (χ3v) is 3.04. The molecule has 3 nitrogen and oxygen atoms in total. The highest BCUT2D eigenvalue weighted by atomic mass is 35.5. The van der Waals surface area contributed by atoms with Crippen molar-refractivity contribution in [3.8, 4) is 11.3 Å². The molecule has 0 atom stereocenters. The summed E-state index contributed by atoms with van der Waals surface area (Å²) >= 11 is 6.12. The van der Waals surface area contributed by atoms with Gasteiger partial charge in [0.1, 0.15) is 11.5 Å². The number of nitrogens with zero attached hydrogens (tertiary/aromatic N) is 1. The van der Waals surface area contributed by atoms with Gasteiger partial charge in [-0.2, -0.15) is 0 Å². The lowest BCUT2D eigenvalue weighted by molar-refractivity contribution is 0.209. The van der Waals surface area contributed by atoms with E-state index in [1.807, 2.05) is 48.3 Å². The minimum absolute atomic E-state index is 0.147. The first-order valence-corrected chi connectivity index (χ1v) is 6.21. The van der Waals surface area contributed by atoms with E-state index in [9.17, 15) is 0 Å². The van der Waals surface area contributed by atoms with Crippen LogP contribution in [0, 0.1) is 0 Å². The molecule has 0 unspecified atom stereocenters. The molecule has 0 saturated carbocycles. The second-order valence-electron chi connectivity index (χ2n) is 4.21. The fourth-order valence-electron chi connectivity index (χ4n) is 1.78. The summed E-state index contributed by atoms with van der Waals surface area (Å²) < 4.78 is 5.76. The van der Waals surface area contributed by atoms with E-state index < -0.39 is 0 Å². The summed E-state index contributed by atoms with van der Waals surface area (Å²) in [6, 6.07) is 11.5. The molecule has 0 aliphatic rings. The Bertz CT molecular complexity index is 510. The van der Waals surface area contributed by atoms with Gasteiger partial charge in [0.25, 0.3) is 0 Å². The summed E-state index contributed by atoms with van der Waals surface area (Å²) in [4.78, 5) is 2.00. The van der Waals surface area contributed by atoms with E-state index in [0.29, 0.717) is 18.1 Å². The predicted molar refractivity (Wildman–Crippen MR) is 72.6 cm³/mol. The molecular formula is C14H16ClNO2. The van der Waals surface area contributed by atoms with Crippen LogP contribution in [0.25, 0.3) is 11.3 Å². The summed E-state index contributed by atoms with van der Waals surface area (Å²) in [6.07, 6.45) is 0. The standard InChI is InChI=1S/C14H16ClNO2/c1-16(8-9-17)10-11-6-7-14(18-11)12-4-2-3-5-13(12)15/h2-7,17H,8-10H2,1H3. The van der Waals surface area contributed by atoms with E-state index >= 15 is 0 Å². The van der Waals surface area contributed by atoms with E-state index in [0.717, 1.165) is 17.1 Å². The molecule has 0 fully saturated rings. The molecule has 18 heavy (non-hydrogen) atoms. The third-order valence-electron chi connectivity index (χ3n) is 2.71. The van der Waals surface area contributed by atoms with Gasteiger partial charge in [0.15, 0.2) is 0 Å². The molecule has 0 radical (unpaired) electrons. The van der Waals surface area contributed by atoms with Crippen molar-refractivity contribution in [2.75, 3.05) is 20.2 Å². The van der Waals surface area contributed by atoms with Gasteiger partial charge in [-0.05, 0) is 31.3 Å². The molecule has 96 valence electrons. The van der Waals surface area contributed by atoms with Gasteiger partial charge < -0.3 is 9.52 Å². The minimum atomic E-state index is 0.147. The Morgan fingerprint density at radius 2 is 2.00 bits per heavy atom. The normalized spacial score (nSPS) is 11.1. The largest absolute Gasteiger partial charge is 0.460 e. The molecule has 4 heteroatoms. The molecule has 0 aliphatic carbocycles. The average Bonchev–Trinajstić information content (AvgIpc) is 2.78. The van der Waals surface area contributed by atoms with E-state index in [4.69, 9.17) is 21.1 Å². The average molecular weight is 266 g/mol. The Kier molecular flexibility index (Phi) is 4.42. The second-order valence-corrected chi connectivity index (χ2v) is 4.61. The van der Waals surface area contributed by atoms with Crippen LogP contribution in [0.4, 0.5) is 0 Å². The van der Waals surface area contributed by atoms with Crippen molar-refractivity contribution in [2.45, 2.75) is 6.54 Å². The smallest absolute Gasteiger partial charge is 0.135 e. The highest BCUT2D eigenvalue weighted by Gasteiger charge is 2.09. The predicted octanol–water partition coefficient (Wildman–Crippen LogP) is 3.02. The number of aliphatic hydroxyl groups excluding tert-OH is 1. The van der Waals surface area contributed by atoms with Crippen molar-refractivity contribution < 1.29 is 9.52 Å². The van der Waals surface area contributed by atoms with Gasteiger partial charge in [-0.3, -0.25) is 4.90 Å². The molecule has 0 amide bonds. The van der Waals surface area contributed by atoms with E-state index in [2.05, 4.69) is 0 Å². The van der Waals surface area contributed by atoms with Crippen molar-refractivity contribution in [1.29, 1.82) is 0 Å². The molecule has 0 spiro atoms. The molecule has 1 heterocycles. The van der Waals surface area contributed by atoms with Crippen molar-refractivity contribution >= 4 is 11.6 Å². The fourth-order valence-corrected chi connectivity index (χ4v) is 2.01. The molecule has 2 rings (SSSR count). The van der Waals surface area contributed by atoms with Crippen LogP contribution in [0.3, 0.4) is 0 Å². The van der Waals surface area contributed by atoms with Crippen LogP contribution in [-0.2, 0) is 6.54 Å². The maximum absolute atomic E-state index is 8.84. The SMILES string of the molecule is CN(CCO)Cc1ccc(-c2ccccc2Cl)o1. The maximum Gasteiger partial charge on any atom is 0.135 e. The third kappa shape index (κ3) is 3.13. The summed E-state index contributed by atoms with van der Waals surface area (Å²) in [5, 5.41) is 9.53. The number of benzene rings is 1. The Morgan fingerprint density at radius 3 is 2.72 bits per heavy atom. The lowest BCUT2D eigenvalue weighted by atomic mass is 10.2. The summed E-state index contributed by atoms with van der Waals surface area (Å²) in [6.45, 7) is 1.45. The first-order valence-electron chi connectivity index (χ1n) is 5.83. The minimum Gasteiger partial charge on any atom is -0.460 e. The molecule has 0 bridgehead atoms. The quantitative estimate of drug-likeness (QED) is 0.903. The molecular weight excluding hydrogens is 250 g/mol. The highest BCUT2D eigenvalue weighted by molar-refractivity contribution is 6.33. The van der Waals surface area contributed by atoms with Crippen LogP contribution in [0.1, 0.15) is 5.76 Å². The van der Waals surface area contributed by atoms with Crippen LogP contribution in [0.5, 0.6) is 0 Å². The van der Waals surface area contributed by atoms with Gasteiger partial charge in [0.05, 0.1) is 18.2 Å². The monoisotopic (exact) mass is 265 g/mol. The van der Waals surface area contributed by atoms with Gasteiger partial charge >= 0.3 is 0 Å². The zero-order valence-corrected chi connectivity index (χ0v) is 11.0. The Morgan fingerprint density at radius 1 is 1.22 bits per heavy atom. The Labute approximate surface area is 112 Å². The van der Waals surface area contributed by atoms with Gasteiger partial charge in [-0.1, -0.05) is 23.7 Å². The van der Waals surface area contributed by atoms with Crippen molar-refractivity contribution in [2.24, 2.45) is 0 Å². The lowest BCUT2D eigenvalue weighted by Crippen LogP contribution is -2.21. The van der Waals surface area contributed by atoms with Crippen LogP contribution < -0.4 is 0 Å². The number of rotatable bonds is 5. The van der Waals surface area contributed by atoms with Gasteiger partial charge in [0, 0.05) is 12.1 Å². The van der Waals surface area contributed by atoms with Gasteiger partial charge in [0.2, 0.25) is 0 Å². The molecule has 1 aromatic carbocycles.